The van der Waals surface area contributed by atoms with Crippen molar-refractivity contribution < 1.29 is 9.59 Å². The number of amides is 2. The molecule has 168 valence electrons. The lowest BCUT2D eigenvalue weighted by atomic mass is 9.91. The molecule has 1 atom stereocenters. The summed E-state index contributed by atoms with van der Waals surface area (Å²) in [7, 11) is 3.43. The number of nitriles is 1. The van der Waals surface area contributed by atoms with E-state index in [1.54, 1.807) is 25.2 Å². The van der Waals surface area contributed by atoms with Gasteiger partial charge in [-0.1, -0.05) is 11.8 Å². The number of carbonyl (C=O) groups is 2. The van der Waals surface area contributed by atoms with Crippen LogP contribution >= 0.6 is 11.8 Å². The number of aromatic nitrogens is 2. The minimum Gasteiger partial charge on any atom is -0.367 e. The predicted octanol–water partition coefficient (Wildman–Crippen LogP) is 1.73. The zero-order valence-electron chi connectivity index (χ0n) is 18.4. The van der Waals surface area contributed by atoms with E-state index in [0.717, 1.165) is 38.5 Å². The second-order valence-electron chi connectivity index (χ2n) is 8.27. The molecule has 31 heavy (non-hydrogen) atoms. The van der Waals surface area contributed by atoms with Gasteiger partial charge in [0.05, 0.1) is 12.6 Å². The maximum Gasteiger partial charge on any atom is 0.258 e. The van der Waals surface area contributed by atoms with Gasteiger partial charge in [-0.05, 0) is 44.8 Å². The van der Waals surface area contributed by atoms with E-state index in [9.17, 15) is 9.59 Å². The molecule has 1 aliphatic carbocycles. The number of hydrogen-bond donors (Lipinski definition) is 2. The fourth-order valence-electron chi connectivity index (χ4n) is 4.14. The highest BCUT2D eigenvalue weighted by molar-refractivity contribution is 7.98. The van der Waals surface area contributed by atoms with Crippen LogP contribution < -0.4 is 10.6 Å². The molecule has 0 spiro atoms. The Morgan fingerprint density at radius 1 is 1.26 bits per heavy atom. The van der Waals surface area contributed by atoms with Crippen LogP contribution in [-0.4, -0.2) is 83.1 Å². The summed E-state index contributed by atoms with van der Waals surface area (Å²) in [5, 5.41) is 16.6. The van der Waals surface area contributed by atoms with Crippen LogP contribution in [0, 0.1) is 11.3 Å². The third kappa shape index (κ3) is 5.86. The molecule has 2 N–H and O–H groups in total. The number of rotatable bonds is 7. The molecule has 2 fully saturated rings. The lowest BCUT2D eigenvalue weighted by Crippen LogP contribution is -2.45. The van der Waals surface area contributed by atoms with Crippen LogP contribution in [0.5, 0.6) is 0 Å². The van der Waals surface area contributed by atoms with E-state index in [4.69, 9.17) is 5.26 Å². The van der Waals surface area contributed by atoms with Crippen LogP contribution in [0.15, 0.2) is 11.4 Å². The van der Waals surface area contributed by atoms with Gasteiger partial charge in [-0.2, -0.15) is 5.26 Å². The van der Waals surface area contributed by atoms with Crippen molar-refractivity contribution in [2.75, 3.05) is 38.8 Å². The van der Waals surface area contributed by atoms with Gasteiger partial charge in [-0.15, -0.1) is 0 Å². The van der Waals surface area contributed by atoms with Gasteiger partial charge in [-0.25, -0.2) is 9.97 Å². The van der Waals surface area contributed by atoms with Crippen molar-refractivity contribution in [3.05, 3.63) is 11.8 Å². The quantitative estimate of drug-likeness (QED) is 0.482. The molecule has 2 aliphatic rings. The fraction of sp³-hybridized carbons (Fsp3) is 0.667. The Labute approximate surface area is 188 Å². The monoisotopic (exact) mass is 445 g/mol. The molecule has 1 aliphatic heterocycles. The molecule has 2 amide bonds. The summed E-state index contributed by atoms with van der Waals surface area (Å²) in [6.45, 7) is 0.964. The second-order valence-corrected chi connectivity index (χ2v) is 9.04. The highest BCUT2D eigenvalue weighted by atomic mass is 32.2. The first-order valence-electron chi connectivity index (χ1n) is 10.7. The number of nitrogens with zero attached hydrogens (tertiary/aromatic N) is 5. The van der Waals surface area contributed by atoms with E-state index in [0.29, 0.717) is 23.1 Å². The van der Waals surface area contributed by atoms with Crippen LogP contribution in [0.4, 0.5) is 5.82 Å². The first-order chi connectivity index (χ1) is 14.9. The van der Waals surface area contributed by atoms with Crippen molar-refractivity contribution in [2.24, 2.45) is 0 Å². The number of carbonyl (C=O) groups excluding carboxylic acids is 2. The third-order valence-electron chi connectivity index (χ3n) is 5.92. The zero-order valence-corrected chi connectivity index (χ0v) is 19.2. The Morgan fingerprint density at radius 2 is 1.97 bits per heavy atom. The minimum atomic E-state index is -0.271. The Bertz CT molecular complexity index is 834. The molecule has 1 saturated carbocycles. The summed E-state index contributed by atoms with van der Waals surface area (Å²) in [4.78, 5) is 36.9. The van der Waals surface area contributed by atoms with Crippen molar-refractivity contribution >= 4 is 29.4 Å². The summed E-state index contributed by atoms with van der Waals surface area (Å²) in [5.41, 5.74) is 0.478. The van der Waals surface area contributed by atoms with Gasteiger partial charge in [0.1, 0.15) is 17.4 Å². The lowest BCUT2D eigenvalue weighted by Gasteiger charge is -2.31. The van der Waals surface area contributed by atoms with E-state index < -0.39 is 0 Å². The molecule has 1 aromatic rings. The summed E-state index contributed by atoms with van der Waals surface area (Å²) < 4.78 is 0. The molecule has 10 heteroatoms. The molecule has 1 saturated heterocycles. The fourth-order valence-corrected chi connectivity index (χ4v) is 4.48. The first kappa shape index (κ1) is 23.3. The van der Waals surface area contributed by atoms with Crippen molar-refractivity contribution in [2.45, 2.75) is 61.8 Å². The van der Waals surface area contributed by atoms with Crippen molar-refractivity contribution in [1.82, 2.24) is 25.1 Å². The molecular weight excluding hydrogens is 414 g/mol. The maximum atomic E-state index is 12.5. The van der Waals surface area contributed by atoms with E-state index in [1.807, 2.05) is 6.26 Å². The summed E-state index contributed by atoms with van der Waals surface area (Å²) in [6, 6.07) is 2.44. The van der Waals surface area contributed by atoms with Crippen LogP contribution in [0.1, 0.15) is 48.9 Å². The number of anilines is 1. The Morgan fingerprint density at radius 3 is 2.61 bits per heavy atom. The second kappa shape index (κ2) is 10.8. The van der Waals surface area contributed by atoms with Gasteiger partial charge >= 0.3 is 0 Å². The molecule has 1 aromatic heterocycles. The molecule has 3 rings (SSSR count). The normalized spacial score (nSPS) is 23.3. The molecule has 0 radical (unpaired) electrons. The van der Waals surface area contributed by atoms with Crippen LogP contribution in [0.2, 0.25) is 0 Å². The number of thioether (sulfide) groups is 1. The van der Waals surface area contributed by atoms with Crippen molar-refractivity contribution in [1.29, 1.82) is 5.26 Å². The minimum absolute atomic E-state index is 0.0155. The Balaban J connectivity index is 1.52. The molecule has 0 bridgehead atoms. The van der Waals surface area contributed by atoms with Crippen LogP contribution in [0.25, 0.3) is 0 Å². The van der Waals surface area contributed by atoms with E-state index in [-0.39, 0.29) is 36.5 Å². The predicted molar refractivity (Wildman–Crippen MR) is 120 cm³/mol. The summed E-state index contributed by atoms with van der Waals surface area (Å²) in [5.74, 6) is 0.476. The average molecular weight is 446 g/mol. The van der Waals surface area contributed by atoms with Crippen LogP contribution in [0.3, 0.4) is 0 Å². The van der Waals surface area contributed by atoms with E-state index in [1.165, 1.54) is 16.7 Å². The van der Waals surface area contributed by atoms with Gasteiger partial charge in [0, 0.05) is 38.9 Å². The average Bonchev–Trinajstić information content (AvgIpc) is 3.27. The Hall–Kier alpha value is -2.38. The lowest BCUT2D eigenvalue weighted by molar-refractivity contribution is -0.130. The number of nitrogens with one attached hydrogen (secondary N) is 2. The maximum absolute atomic E-state index is 12.5. The van der Waals surface area contributed by atoms with Gasteiger partial charge in [0.25, 0.3) is 5.91 Å². The molecule has 9 nitrogen and oxygen atoms in total. The van der Waals surface area contributed by atoms with Crippen LogP contribution in [-0.2, 0) is 4.79 Å². The molecule has 0 unspecified atom stereocenters. The van der Waals surface area contributed by atoms with Gasteiger partial charge in [-0.3, -0.25) is 9.59 Å². The molecular formula is C21H31N7O2S. The SMILES string of the molecule is CSc1ncc(C(=O)N(C)C)c(NC2CCC(NCC(=O)N3CCC[C@H]3C#N)CC2)n1. The van der Waals surface area contributed by atoms with Gasteiger partial charge in [0.15, 0.2) is 5.16 Å². The standard InChI is InChI=1S/C21H31N7O2S/c1-27(2)20(30)17-12-24-21(31-3)26-19(17)25-15-8-6-14(7-9-15)23-13-18(29)28-10-4-5-16(28)11-22/h12,14-16,23H,4-10,13H2,1-3H3,(H,24,25,26)/t14?,15?,16-/m0/s1. The summed E-state index contributed by atoms with van der Waals surface area (Å²) in [6.07, 6.45) is 8.89. The third-order valence-corrected chi connectivity index (χ3v) is 6.48. The summed E-state index contributed by atoms with van der Waals surface area (Å²) >= 11 is 1.44. The van der Waals surface area contributed by atoms with E-state index in [2.05, 4.69) is 26.7 Å². The highest BCUT2D eigenvalue weighted by Gasteiger charge is 2.29. The number of likely N-dealkylation sites (tertiary alicyclic amines) is 1. The first-order valence-corrected chi connectivity index (χ1v) is 12.0. The van der Waals surface area contributed by atoms with E-state index >= 15 is 0 Å². The highest BCUT2D eigenvalue weighted by Crippen LogP contribution is 2.25. The molecule has 2 heterocycles. The van der Waals surface area contributed by atoms with Crippen molar-refractivity contribution in [3.8, 4) is 6.07 Å². The Kier molecular flexibility index (Phi) is 8.09. The van der Waals surface area contributed by atoms with Gasteiger partial charge in [0.2, 0.25) is 5.91 Å². The molecule has 0 aromatic carbocycles. The smallest absolute Gasteiger partial charge is 0.258 e. The van der Waals surface area contributed by atoms with Crippen molar-refractivity contribution in [3.63, 3.8) is 0 Å². The number of hydrogen-bond acceptors (Lipinski definition) is 8. The largest absolute Gasteiger partial charge is 0.367 e. The zero-order chi connectivity index (χ0) is 22.4. The van der Waals surface area contributed by atoms with Gasteiger partial charge < -0.3 is 20.4 Å². The topological polar surface area (TPSA) is 114 Å².